The third-order valence-corrected chi connectivity index (χ3v) is 5.57. The van der Waals surface area contributed by atoms with Gasteiger partial charge in [-0.15, -0.1) is 10.2 Å². The number of hydrogen-bond donors (Lipinski definition) is 0. The minimum Gasteiger partial charge on any atom is -0.484 e. The van der Waals surface area contributed by atoms with Gasteiger partial charge in [-0.3, -0.25) is 0 Å². The number of benzene rings is 2. The lowest BCUT2D eigenvalue weighted by molar-refractivity contribution is 0.290. The number of thioether (sulfide) groups is 1. The topological polar surface area (TPSA) is 39.9 Å². The number of rotatable bonds is 6. The molecule has 25 heavy (non-hydrogen) atoms. The van der Waals surface area contributed by atoms with Gasteiger partial charge in [0.2, 0.25) is 0 Å². The zero-order chi connectivity index (χ0) is 17.8. The molecule has 0 spiro atoms. The monoisotopic (exact) mass is 393 g/mol. The molecule has 2 aromatic carbocycles. The molecule has 3 aromatic rings. The molecule has 0 amide bonds. The lowest BCUT2D eigenvalue weighted by Gasteiger charge is -2.13. The van der Waals surface area contributed by atoms with Crippen LogP contribution in [0.3, 0.4) is 0 Å². The summed E-state index contributed by atoms with van der Waals surface area (Å²) in [5, 5.41) is 10.8. The van der Waals surface area contributed by atoms with Crippen LogP contribution in [0.15, 0.2) is 53.7 Å². The van der Waals surface area contributed by atoms with E-state index in [1.165, 1.54) is 0 Å². The summed E-state index contributed by atoms with van der Waals surface area (Å²) in [5.41, 5.74) is 1.08. The standard InChI is InChI=1S/C18H17Cl2N3OS/c1-12(13-7-3-4-8-14(13)19)25-18-22-21-17(23(18)2)11-24-16-10-6-5-9-15(16)20/h3-10,12H,11H2,1-2H3. The Morgan fingerprint density at radius 3 is 2.44 bits per heavy atom. The molecule has 1 aromatic heterocycles. The maximum atomic E-state index is 6.27. The minimum absolute atomic E-state index is 0.161. The van der Waals surface area contributed by atoms with Crippen molar-refractivity contribution in [1.29, 1.82) is 0 Å². The molecule has 0 saturated heterocycles. The van der Waals surface area contributed by atoms with Crippen molar-refractivity contribution < 1.29 is 4.74 Å². The Morgan fingerprint density at radius 1 is 1.04 bits per heavy atom. The number of halogens is 2. The highest BCUT2D eigenvalue weighted by molar-refractivity contribution is 7.99. The molecular weight excluding hydrogens is 377 g/mol. The number of hydrogen-bond acceptors (Lipinski definition) is 4. The Labute approximate surface area is 161 Å². The van der Waals surface area contributed by atoms with Crippen molar-refractivity contribution in [3.05, 3.63) is 70.0 Å². The van der Waals surface area contributed by atoms with E-state index in [1.54, 1.807) is 17.8 Å². The SMILES string of the molecule is CC(Sc1nnc(COc2ccccc2Cl)n1C)c1ccccc1Cl. The van der Waals surface area contributed by atoms with Crippen molar-refractivity contribution in [2.24, 2.45) is 7.05 Å². The van der Waals surface area contributed by atoms with Crippen LogP contribution in [0.1, 0.15) is 23.6 Å². The van der Waals surface area contributed by atoms with Gasteiger partial charge in [-0.1, -0.05) is 65.3 Å². The fraction of sp³-hybridized carbons (Fsp3) is 0.222. The van der Waals surface area contributed by atoms with E-state index < -0.39 is 0 Å². The zero-order valence-electron chi connectivity index (χ0n) is 13.8. The lowest BCUT2D eigenvalue weighted by Crippen LogP contribution is -2.04. The van der Waals surface area contributed by atoms with Crippen LogP contribution in [0.4, 0.5) is 0 Å². The number of nitrogens with zero attached hydrogens (tertiary/aromatic N) is 3. The van der Waals surface area contributed by atoms with Gasteiger partial charge in [-0.2, -0.15) is 0 Å². The van der Waals surface area contributed by atoms with Crippen LogP contribution in [-0.2, 0) is 13.7 Å². The number of para-hydroxylation sites is 1. The van der Waals surface area contributed by atoms with E-state index >= 15 is 0 Å². The predicted octanol–water partition coefficient (Wildman–Crippen LogP) is 5.55. The first-order valence-electron chi connectivity index (χ1n) is 7.73. The minimum atomic E-state index is 0.161. The predicted molar refractivity (Wildman–Crippen MR) is 103 cm³/mol. The number of ether oxygens (including phenoxy) is 1. The van der Waals surface area contributed by atoms with E-state index in [-0.39, 0.29) is 5.25 Å². The molecule has 0 saturated carbocycles. The highest BCUT2D eigenvalue weighted by Gasteiger charge is 2.16. The van der Waals surface area contributed by atoms with Gasteiger partial charge in [-0.25, -0.2) is 0 Å². The third kappa shape index (κ3) is 4.29. The van der Waals surface area contributed by atoms with E-state index in [4.69, 9.17) is 27.9 Å². The van der Waals surface area contributed by atoms with Crippen molar-refractivity contribution in [2.75, 3.05) is 0 Å². The van der Waals surface area contributed by atoms with Crippen LogP contribution in [0.2, 0.25) is 10.0 Å². The fourth-order valence-electron chi connectivity index (χ4n) is 2.30. The maximum absolute atomic E-state index is 6.27. The zero-order valence-corrected chi connectivity index (χ0v) is 16.1. The summed E-state index contributed by atoms with van der Waals surface area (Å²) < 4.78 is 7.67. The van der Waals surface area contributed by atoms with Crippen molar-refractivity contribution in [3.8, 4) is 5.75 Å². The first-order valence-corrected chi connectivity index (χ1v) is 9.36. The molecule has 0 radical (unpaired) electrons. The van der Waals surface area contributed by atoms with Crippen LogP contribution < -0.4 is 4.74 Å². The van der Waals surface area contributed by atoms with E-state index in [1.807, 2.05) is 54.1 Å². The average Bonchev–Trinajstić information content (AvgIpc) is 2.94. The molecular formula is C18H17Cl2N3OS. The molecule has 1 heterocycles. The summed E-state index contributed by atoms with van der Waals surface area (Å²) >= 11 is 14.0. The van der Waals surface area contributed by atoms with E-state index in [0.29, 0.717) is 17.4 Å². The largest absolute Gasteiger partial charge is 0.484 e. The molecule has 0 N–H and O–H groups in total. The smallest absolute Gasteiger partial charge is 0.191 e. The molecule has 7 heteroatoms. The summed E-state index contributed by atoms with van der Waals surface area (Å²) in [7, 11) is 1.92. The van der Waals surface area contributed by atoms with Gasteiger partial charge in [0.15, 0.2) is 11.0 Å². The highest BCUT2D eigenvalue weighted by atomic mass is 35.5. The average molecular weight is 394 g/mol. The van der Waals surface area contributed by atoms with Crippen LogP contribution in [-0.4, -0.2) is 14.8 Å². The van der Waals surface area contributed by atoms with Crippen LogP contribution in [0, 0.1) is 0 Å². The first kappa shape index (κ1) is 18.1. The molecule has 3 rings (SSSR count). The van der Waals surface area contributed by atoms with Crippen LogP contribution >= 0.6 is 35.0 Å². The Kier molecular flexibility index (Phi) is 5.89. The van der Waals surface area contributed by atoms with E-state index in [2.05, 4.69) is 17.1 Å². The van der Waals surface area contributed by atoms with Gasteiger partial charge in [0.1, 0.15) is 12.4 Å². The second-order valence-corrected chi connectivity index (χ2v) is 7.58. The maximum Gasteiger partial charge on any atom is 0.191 e. The van der Waals surface area contributed by atoms with Crippen molar-refractivity contribution in [3.63, 3.8) is 0 Å². The second-order valence-electron chi connectivity index (χ2n) is 5.46. The molecule has 0 aliphatic carbocycles. The molecule has 4 nitrogen and oxygen atoms in total. The third-order valence-electron chi connectivity index (χ3n) is 3.74. The van der Waals surface area contributed by atoms with Gasteiger partial charge in [0.05, 0.1) is 5.02 Å². The highest BCUT2D eigenvalue weighted by Crippen LogP contribution is 2.37. The normalized spacial score (nSPS) is 12.2. The summed E-state index contributed by atoms with van der Waals surface area (Å²) in [5.74, 6) is 1.36. The molecule has 0 aliphatic rings. The molecule has 0 fully saturated rings. The van der Waals surface area contributed by atoms with Crippen LogP contribution in [0.25, 0.3) is 0 Å². The summed E-state index contributed by atoms with van der Waals surface area (Å²) in [6.07, 6.45) is 0. The first-order chi connectivity index (χ1) is 12.1. The van der Waals surface area contributed by atoms with Gasteiger partial charge in [-0.05, 0) is 30.7 Å². The fourth-order valence-corrected chi connectivity index (χ4v) is 3.86. The molecule has 1 atom stereocenters. The van der Waals surface area contributed by atoms with E-state index in [0.717, 1.165) is 21.6 Å². The molecule has 1 unspecified atom stereocenters. The van der Waals surface area contributed by atoms with Gasteiger partial charge in [0.25, 0.3) is 0 Å². The van der Waals surface area contributed by atoms with Gasteiger partial charge in [0, 0.05) is 17.3 Å². The number of aromatic nitrogens is 3. The van der Waals surface area contributed by atoms with Crippen molar-refractivity contribution >= 4 is 35.0 Å². The Hall–Kier alpha value is -1.69. The van der Waals surface area contributed by atoms with Crippen LogP contribution in [0.5, 0.6) is 5.75 Å². The second kappa shape index (κ2) is 8.13. The summed E-state index contributed by atoms with van der Waals surface area (Å²) in [6.45, 7) is 2.40. The van der Waals surface area contributed by atoms with Crippen molar-refractivity contribution in [2.45, 2.75) is 23.9 Å². The van der Waals surface area contributed by atoms with Gasteiger partial charge < -0.3 is 9.30 Å². The summed E-state index contributed by atoms with van der Waals surface area (Å²) in [4.78, 5) is 0. The molecule has 0 aliphatic heterocycles. The molecule has 130 valence electrons. The van der Waals surface area contributed by atoms with Crippen molar-refractivity contribution in [1.82, 2.24) is 14.8 Å². The molecule has 0 bridgehead atoms. The van der Waals surface area contributed by atoms with Gasteiger partial charge >= 0.3 is 0 Å². The summed E-state index contributed by atoms with van der Waals surface area (Å²) in [6, 6.07) is 15.2. The Bertz CT molecular complexity index is 869. The lowest BCUT2D eigenvalue weighted by atomic mass is 10.2. The van der Waals surface area contributed by atoms with E-state index in [9.17, 15) is 0 Å². The Balaban J connectivity index is 1.69. The Morgan fingerprint density at radius 2 is 1.72 bits per heavy atom. The quantitative estimate of drug-likeness (QED) is 0.514.